The molecule has 3 atom stereocenters. The molecule has 0 radical (unpaired) electrons. The SMILES string of the molecule is C[C@@H](CN)C[C@H](F)CCO[C@H](CCO)CCCO. The third-order valence-electron chi connectivity index (χ3n) is 2.98. The number of ether oxygens (including phenoxy) is 1. The molecule has 0 bridgehead atoms. The molecule has 0 heterocycles. The fraction of sp³-hybridized carbons (Fsp3) is 1.00. The van der Waals surface area contributed by atoms with E-state index in [4.69, 9.17) is 20.7 Å². The van der Waals surface area contributed by atoms with E-state index >= 15 is 0 Å². The maximum absolute atomic E-state index is 13.5. The number of aliphatic hydroxyl groups is 2. The van der Waals surface area contributed by atoms with E-state index < -0.39 is 6.17 Å². The Hall–Kier alpha value is -0.230. The van der Waals surface area contributed by atoms with Crippen LogP contribution in [0, 0.1) is 5.92 Å². The predicted octanol–water partition coefficient (Wildman–Crippen LogP) is 1.24. The second-order valence-corrected chi connectivity index (χ2v) is 4.83. The summed E-state index contributed by atoms with van der Waals surface area (Å²) in [5.41, 5.74) is 5.44. The van der Waals surface area contributed by atoms with Gasteiger partial charge in [-0.3, -0.25) is 0 Å². The third-order valence-corrected chi connectivity index (χ3v) is 2.98. The fourth-order valence-electron chi connectivity index (χ4n) is 1.79. The van der Waals surface area contributed by atoms with Gasteiger partial charge in [-0.1, -0.05) is 6.92 Å². The van der Waals surface area contributed by atoms with Crippen LogP contribution in [-0.4, -0.2) is 48.9 Å². The highest BCUT2D eigenvalue weighted by molar-refractivity contribution is 4.64. The molecule has 0 aliphatic carbocycles. The molecule has 4 N–H and O–H groups in total. The topological polar surface area (TPSA) is 75.7 Å². The largest absolute Gasteiger partial charge is 0.396 e. The first-order valence-electron chi connectivity index (χ1n) is 6.81. The van der Waals surface area contributed by atoms with Gasteiger partial charge in [0, 0.05) is 26.2 Å². The van der Waals surface area contributed by atoms with E-state index in [1.807, 2.05) is 6.92 Å². The summed E-state index contributed by atoms with van der Waals surface area (Å²) >= 11 is 0. The van der Waals surface area contributed by atoms with Gasteiger partial charge in [0.1, 0.15) is 6.17 Å². The molecular weight excluding hydrogens is 237 g/mol. The highest BCUT2D eigenvalue weighted by Gasteiger charge is 2.13. The van der Waals surface area contributed by atoms with Crippen LogP contribution in [0.4, 0.5) is 4.39 Å². The average Bonchev–Trinajstić information content (AvgIpc) is 2.35. The Labute approximate surface area is 109 Å². The molecule has 0 unspecified atom stereocenters. The Morgan fingerprint density at radius 3 is 2.44 bits per heavy atom. The number of hydrogen-bond donors (Lipinski definition) is 3. The number of aliphatic hydroxyl groups excluding tert-OH is 2. The molecule has 0 saturated heterocycles. The summed E-state index contributed by atoms with van der Waals surface area (Å²) in [6.45, 7) is 2.97. The molecule has 0 aromatic rings. The van der Waals surface area contributed by atoms with E-state index in [-0.39, 0.29) is 25.2 Å². The summed E-state index contributed by atoms with van der Waals surface area (Å²) in [6, 6.07) is 0. The highest BCUT2D eigenvalue weighted by Crippen LogP contribution is 2.13. The zero-order valence-electron chi connectivity index (χ0n) is 11.4. The molecule has 5 heteroatoms. The van der Waals surface area contributed by atoms with Crippen molar-refractivity contribution in [2.75, 3.05) is 26.4 Å². The Morgan fingerprint density at radius 1 is 1.17 bits per heavy atom. The molecule has 0 amide bonds. The summed E-state index contributed by atoms with van der Waals surface area (Å²) in [5.74, 6) is 0.197. The van der Waals surface area contributed by atoms with Crippen LogP contribution in [0.3, 0.4) is 0 Å². The second-order valence-electron chi connectivity index (χ2n) is 4.83. The van der Waals surface area contributed by atoms with Crippen molar-refractivity contribution in [1.29, 1.82) is 0 Å². The lowest BCUT2D eigenvalue weighted by molar-refractivity contribution is 0.0156. The predicted molar refractivity (Wildman–Crippen MR) is 70.1 cm³/mol. The Bertz CT molecular complexity index is 184. The zero-order chi connectivity index (χ0) is 13.8. The van der Waals surface area contributed by atoms with Gasteiger partial charge in [0.15, 0.2) is 0 Å². The first-order valence-corrected chi connectivity index (χ1v) is 6.81. The molecule has 110 valence electrons. The smallest absolute Gasteiger partial charge is 0.103 e. The monoisotopic (exact) mass is 265 g/mol. The van der Waals surface area contributed by atoms with Gasteiger partial charge in [0.05, 0.1) is 6.10 Å². The summed E-state index contributed by atoms with van der Waals surface area (Å²) in [6.07, 6.45) is 1.77. The van der Waals surface area contributed by atoms with Crippen molar-refractivity contribution >= 4 is 0 Å². The Morgan fingerprint density at radius 2 is 1.89 bits per heavy atom. The number of alkyl halides is 1. The van der Waals surface area contributed by atoms with Crippen LogP contribution in [0.15, 0.2) is 0 Å². The van der Waals surface area contributed by atoms with Gasteiger partial charge in [0.25, 0.3) is 0 Å². The lowest BCUT2D eigenvalue weighted by Gasteiger charge is -2.18. The second kappa shape index (κ2) is 11.8. The van der Waals surface area contributed by atoms with Crippen LogP contribution < -0.4 is 5.73 Å². The van der Waals surface area contributed by atoms with E-state index in [1.54, 1.807) is 0 Å². The summed E-state index contributed by atoms with van der Waals surface area (Å²) in [7, 11) is 0. The fourth-order valence-corrected chi connectivity index (χ4v) is 1.79. The van der Waals surface area contributed by atoms with Crippen molar-refractivity contribution in [3.63, 3.8) is 0 Å². The van der Waals surface area contributed by atoms with Crippen molar-refractivity contribution in [3.05, 3.63) is 0 Å². The maximum Gasteiger partial charge on any atom is 0.103 e. The minimum atomic E-state index is -0.879. The summed E-state index contributed by atoms with van der Waals surface area (Å²) in [4.78, 5) is 0. The van der Waals surface area contributed by atoms with Crippen molar-refractivity contribution in [3.8, 4) is 0 Å². The van der Waals surface area contributed by atoms with E-state index in [1.165, 1.54) is 0 Å². The Kier molecular flexibility index (Phi) is 11.7. The average molecular weight is 265 g/mol. The van der Waals surface area contributed by atoms with E-state index in [0.29, 0.717) is 45.3 Å². The first-order chi connectivity index (χ1) is 8.63. The number of nitrogens with two attached hydrogens (primary N) is 1. The van der Waals surface area contributed by atoms with Crippen molar-refractivity contribution < 1.29 is 19.3 Å². The lowest BCUT2D eigenvalue weighted by Crippen LogP contribution is -2.20. The minimum absolute atomic E-state index is 0.0549. The van der Waals surface area contributed by atoms with Gasteiger partial charge in [-0.15, -0.1) is 0 Å². The normalized spacial score (nSPS) is 16.5. The van der Waals surface area contributed by atoms with Crippen molar-refractivity contribution in [1.82, 2.24) is 0 Å². The van der Waals surface area contributed by atoms with Gasteiger partial charge >= 0.3 is 0 Å². The Balaban J connectivity index is 3.69. The first kappa shape index (κ1) is 17.8. The van der Waals surface area contributed by atoms with Gasteiger partial charge in [-0.05, 0) is 38.1 Å². The third kappa shape index (κ3) is 9.76. The van der Waals surface area contributed by atoms with E-state index in [2.05, 4.69) is 0 Å². The maximum atomic E-state index is 13.5. The number of halogens is 1. The molecule has 0 aromatic carbocycles. The standard InChI is InChI=1S/C13H28FNO3/c1-11(10-15)9-12(14)5-8-18-13(4-7-17)3-2-6-16/h11-13,16-17H,2-10,15H2,1H3/t11-,12-,13+/m1/s1. The van der Waals surface area contributed by atoms with Crippen LogP contribution >= 0.6 is 0 Å². The molecule has 0 saturated carbocycles. The molecular formula is C13H28FNO3. The van der Waals surface area contributed by atoms with Crippen molar-refractivity contribution in [2.45, 2.75) is 51.3 Å². The molecule has 0 fully saturated rings. The molecule has 0 aliphatic rings. The molecule has 4 nitrogen and oxygen atoms in total. The van der Waals surface area contributed by atoms with Crippen LogP contribution in [-0.2, 0) is 4.74 Å². The molecule has 0 aromatic heterocycles. The zero-order valence-corrected chi connectivity index (χ0v) is 11.4. The van der Waals surface area contributed by atoms with Crippen LogP contribution in [0.2, 0.25) is 0 Å². The quantitative estimate of drug-likeness (QED) is 0.496. The van der Waals surface area contributed by atoms with Gasteiger partial charge in [0.2, 0.25) is 0 Å². The highest BCUT2D eigenvalue weighted by atomic mass is 19.1. The molecule has 0 rings (SSSR count). The summed E-state index contributed by atoms with van der Waals surface area (Å²) in [5, 5.41) is 17.6. The van der Waals surface area contributed by atoms with Gasteiger partial charge < -0.3 is 20.7 Å². The number of hydrogen-bond acceptors (Lipinski definition) is 4. The lowest BCUT2D eigenvalue weighted by atomic mass is 10.0. The van der Waals surface area contributed by atoms with Gasteiger partial charge in [-0.25, -0.2) is 4.39 Å². The van der Waals surface area contributed by atoms with Crippen LogP contribution in [0.1, 0.15) is 39.0 Å². The summed E-state index contributed by atoms with van der Waals surface area (Å²) < 4.78 is 19.0. The van der Waals surface area contributed by atoms with Crippen LogP contribution in [0.25, 0.3) is 0 Å². The van der Waals surface area contributed by atoms with Crippen molar-refractivity contribution in [2.24, 2.45) is 11.7 Å². The molecule has 0 spiro atoms. The molecule has 0 aliphatic heterocycles. The number of rotatable bonds is 12. The van der Waals surface area contributed by atoms with E-state index in [9.17, 15) is 4.39 Å². The van der Waals surface area contributed by atoms with Gasteiger partial charge in [-0.2, -0.15) is 0 Å². The van der Waals surface area contributed by atoms with Crippen LogP contribution in [0.5, 0.6) is 0 Å². The van der Waals surface area contributed by atoms with E-state index in [0.717, 1.165) is 0 Å². The minimum Gasteiger partial charge on any atom is -0.396 e. The molecule has 18 heavy (non-hydrogen) atoms.